The van der Waals surface area contributed by atoms with Gasteiger partial charge in [-0.25, -0.2) is 0 Å². The summed E-state index contributed by atoms with van der Waals surface area (Å²) in [4.78, 5) is 0. The number of hydrogen-bond donors (Lipinski definition) is 1. The van der Waals surface area contributed by atoms with Crippen LogP contribution in [0.3, 0.4) is 0 Å². The smallest absolute Gasteiger partial charge is 0.125 e. The number of nitrogens with zero attached hydrogens (tertiary/aromatic N) is 1. The number of aliphatic hydroxyl groups is 1. The molecule has 0 saturated heterocycles. The van der Waals surface area contributed by atoms with E-state index in [4.69, 9.17) is 10.00 Å². The van der Waals surface area contributed by atoms with Gasteiger partial charge >= 0.3 is 0 Å². The second-order valence-corrected chi connectivity index (χ2v) is 5.62. The number of hydrogen-bond acceptors (Lipinski definition) is 3. The van der Waals surface area contributed by atoms with Gasteiger partial charge < -0.3 is 9.84 Å². The van der Waals surface area contributed by atoms with E-state index in [-0.39, 0.29) is 5.57 Å². The normalized spacial score (nSPS) is 11.5. The number of halogens is 1. The van der Waals surface area contributed by atoms with Gasteiger partial charge in [0, 0.05) is 14.7 Å². The lowest BCUT2D eigenvalue weighted by atomic mass is 10.0. The zero-order valence-electron chi connectivity index (χ0n) is 11.3. The molecule has 0 heterocycles. The minimum atomic E-state index is -1.04. The Morgan fingerprint density at radius 3 is 2.62 bits per heavy atom. The van der Waals surface area contributed by atoms with Crippen LogP contribution < -0.4 is 4.74 Å². The molecule has 0 radical (unpaired) electrons. The number of ether oxygens (including phenoxy) is 1. The van der Waals surface area contributed by atoms with Crippen molar-refractivity contribution >= 4 is 22.6 Å². The highest BCUT2D eigenvalue weighted by Crippen LogP contribution is 2.29. The van der Waals surface area contributed by atoms with Crippen molar-refractivity contribution < 1.29 is 9.84 Å². The van der Waals surface area contributed by atoms with Crippen LogP contribution in [-0.2, 0) is 6.61 Å². The van der Waals surface area contributed by atoms with Crippen LogP contribution in [-0.4, -0.2) is 5.11 Å². The lowest BCUT2D eigenvalue weighted by Gasteiger charge is -2.15. The van der Waals surface area contributed by atoms with E-state index >= 15 is 0 Å². The van der Waals surface area contributed by atoms with Crippen molar-refractivity contribution in [1.29, 1.82) is 5.26 Å². The Morgan fingerprint density at radius 1 is 1.24 bits per heavy atom. The van der Waals surface area contributed by atoms with Crippen molar-refractivity contribution in [2.75, 3.05) is 0 Å². The van der Waals surface area contributed by atoms with Gasteiger partial charge in [-0.3, -0.25) is 0 Å². The average molecular weight is 391 g/mol. The lowest BCUT2D eigenvalue weighted by molar-refractivity contribution is 0.210. The number of aliphatic hydroxyl groups excluding tert-OH is 1. The quantitative estimate of drug-likeness (QED) is 0.620. The first-order chi connectivity index (χ1) is 10.1. The summed E-state index contributed by atoms with van der Waals surface area (Å²) < 4.78 is 6.92. The molecule has 1 unspecified atom stereocenters. The van der Waals surface area contributed by atoms with Gasteiger partial charge in [0.1, 0.15) is 18.5 Å². The van der Waals surface area contributed by atoms with E-state index in [0.717, 1.165) is 9.13 Å². The summed E-state index contributed by atoms with van der Waals surface area (Å²) in [6, 6.07) is 16.9. The second-order valence-electron chi connectivity index (χ2n) is 4.46. The summed E-state index contributed by atoms with van der Waals surface area (Å²) in [5.74, 6) is 0.557. The Labute approximate surface area is 137 Å². The highest BCUT2D eigenvalue weighted by atomic mass is 127. The number of benzene rings is 2. The third kappa shape index (κ3) is 3.84. The van der Waals surface area contributed by atoms with Gasteiger partial charge in [0.2, 0.25) is 0 Å². The summed E-state index contributed by atoms with van der Waals surface area (Å²) in [5, 5.41) is 19.0. The molecule has 0 spiro atoms. The lowest BCUT2D eigenvalue weighted by Crippen LogP contribution is -2.05. The predicted molar refractivity (Wildman–Crippen MR) is 89.6 cm³/mol. The predicted octanol–water partition coefficient (Wildman–Crippen LogP) is 3.98. The Kier molecular flexibility index (Phi) is 5.37. The van der Waals surface area contributed by atoms with Crippen LogP contribution in [0.2, 0.25) is 0 Å². The monoisotopic (exact) mass is 391 g/mol. The molecule has 0 aliphatic rings. The van der Waals surface area contributed by atoms with Crippen molar-refractivity contribution in [3.05, 3.63) is 75.4 Å². The maximum Gasteiger partial charge on any atom is 0.125 e. The van der Waals surface area contributed by atoms with Crippen LogP contribution in [0.1, 0.15) is 17.2 Å². The highest BCUT2D eigenvalue weighted by molar-refractivity contribution is 14.1. The molecule has 3 nitrogen and oxygen atoms in total. The van der Waals surface area contributed by atoms with E-state index in [1.165, 1.54) is 0 Å². The van der Waals surface area contributed by atoms with Crippen LogP contribution in [0, 0.1) is 14.9 Å². The van der Waals surface area contributed by atoms with Crippen LogP contribution >= 0.6 is 22.6 Å². The van der Waals surface area contributed by atoms with Gasteiger partial charge in [0.05, 0.1) is 11.6 Å². The fourth-order valence-corrected chi connectivity index (χ4v) is 2.40. The van der Waals surface area contributed by atoms with Crippen LogP contribution in [0.25, 0.3) is 0 Å². The Balaban J connectivity index is 2.20. The van der Waals surface area contributed by atoms with E-state index in [1.807, 2.05) is 36.4 Å². The second kappa shape index (κ2) is 7.25. The van der Waals surface area contributed by atoms with Crippen LogP contribution in [0.15, 0.2) is 60.7 Å². The molecule has 106 valence electrons. The van der Waals surface area contributed by atoms with Crippen molar-refractivity contribution in [3.63, 3.8) is 0 Å². The summed E-state index contributed by atoms with van der Waals surface area (Å²) in [6.45, 7) is 3.96. The standard InChI is InChI=1S/C17H14INO2/c1-12(10-19)17(20)14-7-3-5-9-16(14)21-11-13-6-2-4-8-15(13)18/h2-9,17,20H,1,11H2. The number of para-hydroxylation sites is 1. The first kappa shape index (κ1) is 15.5. The molecule has 2 aromatic rings. The molecular formula is C17H14INO2. The third-order valence-corrected chi connectivity index (χ3v) is 4.08. The summed E-state index contributed by atoms with van der Waals surface area (Å²) in [7, 11) is 0. The fraction of sp³-hybridized carbons (Fsp3) is 0.118. The van der Waals surface area contributed by atoms with Gasteiger partial charge in [0.25, 0.3) is 0 Å². The van der Waals surface area contributed by atoms with Crippen molar-refractivity contribution in [3.8, 4) is 11.8 Å². The molecule has 2 aromatic carbocycles. The van der Waals surface area contributed by atoms with E-state index in [1.54, 1.807) is 18.2 Å². The minimum Gasteiger partial charge on any atom is -0.488 e. The van der Waals surface area contributed by atoms with Crippen molar-refractivity contribution in [2.45, 2.75) is 12.7 Å². The number of rotatable bonds is 5. The van der Waals surface area contributed by atoms with Crippen LogP contribution in [0.5, 0.6) is 5.75 Å². The third-order valence-electron chi connectivity index (χ3n) is 3.03. The van der Waals surface area contributed by atoms with E-state index < -0.39 is 6.10 Å². The largest absolute Gasteiger partial charge is 0.488 e. The molecule has 0 aromatic heterocycles. The molecule has 0 saturated carbocycles. The topological polar surface area (TPSA) is 53.2 Å². The van der Waals surface area contributed by atoms with E-state index in [2.05, 4.69) is 29.2 Å². The zero-order chi connectivity index (χ0) is 15.2. The molecule has 0 aliphatic heterocycles. The molecular weight excluding hydrogens is 377 g/mol. The first-order valence-electron chi connectivity index (χ1n) is 6.35. The van der Waals surface area contributed by atoms with Gasteiger partial charge in [-0.15, -0.1) is 0 Å². The van der Waals surface area contributed by atoms with Gasteiger partial charge in [0.15, 0.2) is 0 Å². The summed E-state index contributed by atoms with van der Waals surface area (Å²) in [6.07, 6.45) is -1.04. The zero-order valence-corrected chi connectivity index (χ0v) is 13.4. The Morgan fingerprint density at radius 2 is 1.90 bits per heavy atom. The number of nitriles is 1. The van der Waals surface area contributed by atoms with Crippen molar-refractivity contribution in [2.24, 2.45) is 0 Å². The van der Waals surface area contributed by atoms with Crippen molar-refractivity contribution in [1.82, 2.24) is 0 Å². The molecule has 1 atom stereocenters. The fourth-order valence-electron chi connectivity index (χ4n) is 1.86. The summed E-state index contributed by atoms with van der Waals surface area (Å²) in [5.41, 5.74) is 1.72. The van der Waals surface area contributed by atoms with E-state index in [9.17, 15) is 5.11 Å². The SMILES string of the molecule is C=C(C#N)C(O)c1ccccc1OCc1ccccc1I. The van der Waals surface area contributed by atoms with Gasteiger partial charge in [-0.05, 0) is 34.7 Å². The average Bonchev–Trinajstić information content (AvgIpc) is 2.53. The minimum absolute atomic E-state index is 0.0975. The highest BCUT2D eigenvalue weighted by Gasteiger charge is 2.16. The molecule has 0 bridgehead atoms. The molecule has 1 N–H and O–H groups in total. The molecule has 0 amide bonds. The maximum atomic E-state index is 10.1. The van der Waals surface area contributed by atoms with Gasteiger partial charge in [-0.1, -0.05) is 43.0 Å². The first-order valence-corrected chi connectivity index (χ1v) is 7.43. The Bertz CT molecular complexity index is 691. The Hall–Kier alpha value is -1.84. The molecule has 0 fully saturated rings. The maximum absolute atomic E-state index is 10.1. The molecule has 4 heteroatoms. The molecule has 21 heavy (non-hydrogen) atoms. The molecule has 0 aliphatic carbocycles. The molecule has 2 rings (SSSR count). The van der Waals surface area contributed by atoms with Crippen LogP contribution in [0.4, 0.5) is 0 Å². The van der Waals surface area contributed by atoms with E-state index in [0.29, 0.717) is 17.9 Å². The summed E-state index contributed by atoms with van der Waals surface area (Å²) >= 11 is 2.26. The van der Waals surface area contributed by atoms with Gasteiger partial charge in [-0.2, -0.15) is 5.26 Å².